The van der Waals surface area contributed by atoms with Crippen molar-refractivity contribution >= 4 is 17.9 Å². The van der Waals surface area contributed by atoms with Gasteiger partial charge in [-0.2, -0.15) is 0 Å². The summed E-state index contributed by atoms with van der Waals surface area (Å²) in [4.78, 5) is 36.7. The van der Waals surface area contributed by atoms with Crippen LogP contribution in [0.15, 0.2) is 36.5 Å². The van der Waals surface area contributed by atoms with Crippen LogP contribution in [0, 0.1) is 0 Å². The van der Waals surface area contributed by atoms with Gasteiger partial charge >= 0.3 is 17.9 Å². The van der Waals surface area contributed by atoms with Crippen molar-refractivity contribution < 1.29 is 38.2 Å². The van der Waals surface area contributed by atoms with Crippen LogP contribution in [-0.4, -0.2) is 80.6 Å². The Hall–Kier alpha value is -2.45. The van der Waals surface area contributed by atoms with Crippen LogP contribution in [-0.2, 0) is 28.6 Å². The van der Waals surface area contributed by atoms with Crippen molar-refractivity contribution in [3.63, 3.8) is 0 Å². The van der Waals surface area contributed by atoms with Crippen LogP contribution in [0.5, 0.6) is 0 Å². The van der Waals surface area contributed by atoms with Crippen molar-refractivity contribution in [1.29, 1.82) is 0 Å². The molecule has 2 atom stereocenters. The molecule has 8 heteroatoms. The summed E-state index contributed by atoms with van der Waals surface area (Å²) in [5.41, 5.74) is 0. The van der Waals surface area contributed by atoms with E-state index in [1.54, 1.807) is 0 Å². The Morgan fingerprint density at radius 2 is 1.13 bits per heavy atom. The Bertz CT molecular complexity index is 875. The summed E-state index contributed by atoms with van der Waals surface area (Å²) in [7, 11) is 5.50. The van der Waals surface area contributed by atoms with Crippen LogP contribution in [0.1, 0.15) is 142 Å². The van der Waals surface area contributed by atoms with Crippen molar-refractivity contribution in [1.82, 2.24) is 0 Å². The fraction of sp³-hybridized carbons (Fsp3) is 0.769. The molecule has 0 amide bonds. The zero-order valence-corrected chi connectivity index (χ0v) is 30.7. The number of unbranched alkanes of at least 4 members (excludes halogenated alkanes) is 12. The number of aliphatic carboxylic acids is 1. The average Bonchev–Trinajstić information content (AvgIpc) is 3.01. The van der Waals surface area contributed by atoms with Gasteiger partial charge in [0.1, 0.15) is 6.61 Å². The van der Waals surface area contributed by atoms with Gasteiger partial charge in [0, 0.05) is 19.3 Å². The topological polar surface area (TPSA) is 99.1 Å². The molecular weight excluding hydrogens is 594 g/mol. The number of esters is 2. The van der Waals surface area contributed by atoms with Crippen LogP contribution in [0.4, 0.5) is 0 Å². The molecule has 0 saturated carbocycles. The maximum absolute atomic E-state index is 12.6. The van der Waals surface area contributed by atoms with Gasteiger partial charge in [-0.1, -0.05) is 102 Å². The standard InChI is InChI=1S/C39H69NO7/c1-6-8-10-12-14-16-18-19-20-22-24-26-28-30-38(42)47-35(33-45-32-31-36(39(43)44)40(3,4)5)34-46-37(41)29-27-25-23-21-17-15-13-11-9-7-2/h10-13,16,18,35-36H,6-9,14-15,17,19-34H2,1-5H3/p+1/b12-10-,13-11-,18-16-. The number of hydrogen-bond donors (Lipinski definition) is 1. The van der Waals surface area contributed by atoms with Gasteiger partial charge in [-0.3, -0.25) is 9.59 Å². The lowest BCUT2D eigenvalue weighted by molar-refractivity contribution is -0.887. The molecule has 0 aliphatic rings. The third-order valence-electron chi connectivity index (χ3n) is 7.97. The summed E-state index contributed by atoms with van der Waals surface area (Å²) in [5, 5.41) is 9.56. The summed E-state index contributed by atoms with van der Waals surface area (Å²) in [6, 6.07) is -0.616. The van der Waals surface area contributed by atoms with E-state index in [4.69, 9.17) is 14.2 Å². The van der Waals surface area contributed by atoms with E-state index in [9.17, 15) is 19.5 Å². The molecule has 0 aromatic heterocycles. The fourth-order valence-corrected chi connectivity index (χ4v) is 5.07. The normalized spacial score (nSPS) is 13.5. The van der Waals surface area contributed by atoms with Gasteiger partial charge < -0.3 is 23.8 Å². The van der Waals surface area contributed by atoms with Gasteiger partial charge in [0.05, 0.1) is 34.4 Å². The second kappa shape index (κ2) is 30.9. The van der Waals surface area contributed by atoms with E-state index in [0.717, 1.165) is 89.9 Å². The van der Waals surface area contributed by atoms with E-state index in [1.807, 2.05) is 21.1 Å². The molecule has 0 bridgehead atoms. The zero-order chi connectivity index (χ0) is 35.0. The van der Waals surface area contributed by atoms with Crippen molar-refractivity contribution in [2.24, 2.45) is 0 Å². The first-order chi connectivity index (χ1) is 22.6. The second-order valence-corrected chi connectivity index (χ2v) is 13.5. The number of quaternary nitrogens is 1. The number of nitrogens with zero attached hydrogens (tertiary/aromatic N) is 1. The first-order valence-corrected chi connectivity index (χ1v) is 18.5. The summed E-state index contributed by atoms with van der Waals surface area (Å²) in [5.74, 6) is -1.51. The van der Waals surface area contributed by atoms with Crippen LogP contribution in [0.2, 0.25) is 0 Å². The third-order valence-corrected chi connectivity index (χ3v) is 7.97. The largest absolute Gasteiger partial charge is 0.477 e. The van der Waals surface area contributed by atoms with Crippen molar-refractivity contribution in [2.45, 2.75) is 154 Å². The van der Waals surface area contributed by atoms with Crippen LogP contribution >= 0.6 is 0 Å². The lowest BCUT2D eigenvalue weighted by Crippen LogP contribution is -2.50. The predicted octanol–water partition coefficient (Wildman–Crippen LogP) is 9.13. The van der Waals surface area contributed by atoms with E-state index in [-0.39, 0.29) is 36.2 Å². The van der Waals surface area contributed by atoms with E-state index < -0.39 is 18.1 Å². The Labute approximate surface area is 287 Å². The molecule has 0 heterocycles. The number of carbonyl (C=O) groups excluding carboxylic acids is 2. The Balaban J connectivity index is 4.48. The van der Waals surface area contributed by atoms with E-state index in [0.29, 0.717) is 19.3 Å². The van der Waals surface area contributed by atoms with Gasteiger partial charge in [0.2, 0.25) is 0 Å². The van der Waals surface area contributed by atoms with Gasteiger partial charge in [-0.25, -0.2) is 4.79 Å². The number of rotatable bonds is 32. The highest BCUT2D eigenvalue weighted by Crippen LogP contribution is 2.12. The minimum Gasteiger partial charge on any atom is -0.477 e. The number of carbonyl (C=O) groups is 3. The molecule has 0 aromatic carbocycles. The SMILES string of the molecule is CCC/C=C\C/C=C\CCCCCCCC(=O)OC(COCCC(C(=O)O)[N+](C)(C)C)COC(=O)CCCCCCC/C=C\CCC. The van der Waals surface area contributed by atoms with Gasteiger partial charge in [-0.15, -0.1) is 0 Å². The molecule has 0 aromatic rings. The molecule has 47 heavy (non-hydrogen) atoms. The van der Waals surface area contributed by atoms with Crippen molar-refractivity contribution in [3.05, 3.63) is 36.5 Å². The molecule has 0 aliphatic heterocycles. The van der Waals surface area contributed by atoms with Gasteiger partial charge in [0.15, 0.2) is 12.1 Å². The average molecular weight is 665 g/mol. The van der Waals surface area contributed by atoms with Gasteiger partial charge in [0.25, 0.3) is 0 Å². The molecule has 8 nitrogen and oxygen atoms in total. The number of ether oxygens (including phenoxy) is 3. The maximum atomic E-state index is 12.6. The van der Waals surface area contributed by atoms with E-state index in [1.165, 1.54) is 19.3 Å². The van der Waals surface area contributed by atoms with Crippen LogP contribution in [0.3, 0.4) is 0 Å². The molecule has 0 fully saturated rings. The highest BCUT2D eigenvalue weighted by Gasteiger charge is 2.31. The molecule has 0 saturated heterocycles. The van der Waals surface area contributed by atoms with E-state index in [2.05, 4.69) is 50.3 Å². The summed E-state index contributed by atoms with van der Waals surface area (Å²) >= 11 is 0. The van der Waals surface area contributed by atoms with Gasteiger partial charge in [-0.05, 0) is 57.8 Å². The summed E-state index contributed by atoms with van der Waals surface area (Å²) in [6.45, 7) is 4.56. The minimum absolute atomic E-state index is 0.0527. The first kappa shape index (κ1) is 44.5. The lowest BCUT2D eigenvalue weighted by atomic mass is 10.1. The maximum Gasteiger partial charge on any atom is 0.362 e. The van der Waals surface area contributed by atoms with Crippen molar-refractivity contribution in [2.75, 3.05) is 41.0 Å². The highest BCUT2D eigenvalue weighted by atomic mass is 16.6. The highest BCUT2D eigenvalue weighted by molar-refractivity contribution is 5.72. The Morgan fingerprint density at radius 1 is 0.638 bits per heavy atom. The monoisotopic (exact) mass is 665 g/mol. The number of carboxylic acids is 1. The molecule has 0 radical (unpaired) electrons. The number of allylic oxidation sites excluding steroid dienone is 6. The lowest BCUT2D eigenvalue weighted by Gasteiger charge is -2.31. The quantitative estimate of drug-likeness (QED) is 0.0331. The fourth-order valence-electron chi connectivity index (χ4n) is 5.07. The van der Waals surface area contributed by atoms with Crippen molar-refractivity contribution in [3.8, 4) is 0 Å². The van der Waals surface area contributed by atoms with Crippen LogP contribution < -0.4 is 0 Å². The third kappa shape index (κ3) is 29.4. The molecular formula is C39H70NO7+. The Morgan fingerprint density at radius 3 is 1.68 bits per heavy atom. The first-order valence-electron chi connectivity index (χ1n) is 18.5. The number of likely N-dealkylation sites (N-methyl/N-ethyl adjacent to an activating group) is 1. The smallest absolute Gasteiger partial charge is 0.362 e. The predicted molar refractivity (Wildman–Crippen MR) is 192 cm³/mol. The number of carboxylic acid groups (broad SMARTS) is 1. The summed E-state index contributed by atoms with van der Waals surface area (Å²) < 4.78 is 17.1. The minimum atomic E-state index is -0.881. The van der Waals surface area contributed by atoms with Crippen LogP contribution in [0.25, 0.3) is 0 Å². The Kier molecular flexibility index (Phi) is 29.2. The molecule has 272 valence electrons. The molecule has 2 unspecified atom stereocenters. The number of hydrogen-bond acceptors (Lipinski definition) is 6. The summed E-state index contributed by atoms with van der Waals surface area (Å²) in [6.07, 6.45) is 31.9. The molecule has 0 spiro atoms. The second-order valence-electron chi connectivity index (χ2n) is 13.5. The molecule has 0 rings (SSSR count). The molecule has 1 N–H and O–H groups in total. The molecule has 0 aliphatic carbocycles. The zero-order valence-electron chi connectivity index (χ0n) is 30.7. The van der Waals surface area contributed by atoms with E-state index >= 15 is 0 Å².